The van der Waals surface area contributed by atoms with Gasteiger partial charge in [-0.2, -0.15) is 0 Å². The molecule has 0 aliphatic heterocycles. The monoisotopic (exact) mass is 280 g/mol. The smallest absolute Gasteiger partial charge is 0.132 e. The van der Waals surface area contributed by atoms with Crippen LogP contribution in [-0.2, 0) is 6.42 Å². The molecule has 0 saturated heterocycles. The molecule has 2 rings (SSSR count). The summed E-state index contributed by atoms with van der Waals surface area (Å²) in [5, 5.41) is 9.95. The molecular weight excluding hydrogens is 268 g/mol. The van der Waals surface area contributed by atoms with E-state index in [1.54, 1.807) is 0 Å². The number of aliphatic hydroxyl groups excluding tert-OH is 1. The van der Waals surface area contributed by atoms with Gasteiger partial charge in [0, 0.05) is 10.9 Å². The molecule has 0 aliphatic carbocycles. The first-order chi connectivity index (χ1) is 7.65. The Morgan fingerprint density at radius 2 is 1.88 bits per heavy atom. The second-order valence-corrected chi connectivity index (χ2v) is 4.71. The molecule has 0 radical (unpaired) electrons. The Bertz CT molecular complexity index is 459. The lowest BCUT2D eigenvalue weighted by Gasteiger charge is -2.07. The van der Waals surface area contributed by atoms with Gasteiger partial charge in [-0.3, -0.25) is 0 Å². The topological polar surface area (TPSA) is 33.4 Å². The number of hydrogen-bond donors (Lipinski definition) is 1. The van der Waals surface area contributed by atoms with Crippen LogP contribution in [0.25, 0.3) is 0 Å². The van der Waals surface area contributed by atoms with Crippen molar-refractivity contribution in [3.63, 3.8) is 0 Å². The van der Waals surface area contributed by atoms with E-state index in [-0.39, 0.29) is 0 Å². The van der Waals surface area contributed by atoms with E-state index in [9.17, 15) is 5.11 Å². The van der Waals surface area contributed by atoms with Crippen molar-refractivity contribution in [2.45, 2.75) is 19.4 Å². The highest BCUT2D eigenvalue weighted by molar-refractivity contribution is 9.10. The van der Waals surface area contributed by atoms with Crippen LogP contribution in [-0.4, -0.2) is 5.11 Å². The molecule has 84 valence electrons. The van der Waals surface area contributed by atoms with Crippen molar-refractivity contribution in [2.75, 3.05) is 0 Å². The molecule has 0 saturated carbocycles. The first kappa shape index (κ1) is 11.4. The van der Waals surface area contributed by atoms with E-state index in [0.717, 1.165) is 15.8 Å². The van der Waals surface area contributed by atoms with Crippen molar-refractivity contribution in [1.82, 2.24) is 0 Å². The highest BCUT2D eigenvalue weighted by Gasteiger charge is 2.11. The Kier molecular flexibility index (Phi) is 3.46. The Balaban J connectivity index is 2.07. The van der Waals surface area contributed by atoms with E-state index in [1.807, 2.05) is 43.3 Å². The van der Waals surface area contributed by atoms with Gasteiger partial charge in [-0.05, 0) is 36.8 Å². The van der Waals surface area contributed by atoms with Crippen molar-refractivity contribution in [1.29, 1.82) is 0 Å². The van der Waals surface area contributed by atoms with Gasteiger partial charge >= 0.3 is 0 Å². The third-order valence-electron chi connectivity index (χ3n) is 2.43. The summed E-state index contributed by atoms with van der Waals surface area (Å²) < 4.78 is 6.42. The first-order valence-electron chi connectivity index (χ1n) is 5.14. The molecule has 0 bridgehead atoms. The lowest BCUT2D eigenvalue weighted by Crippen LogP contribution is -2.00. The lowest BCUT2D eigenvalue weighted by atomic mass is 10.1. The minimum absolute atomic E-state index is 0.570. The normalized spacial score (nSPS) is 12.7. The van der Waals surface area contributed by atoms with E-state index >= 15 is 0 Å². The predicted octanol–water partition coefficient (Wildman–Crippen LogP) is 3.63. The van der Waals surface area contributed by atoms with Crippen LogP contribution in [0, 0.1) is 6.92 Å². The summed E-state index contributed by atoms with van der Waals surface area (Å²) >= 11 is 3.38. The van der Waals surface area contributed by atoms with Crippen LogP contribution in [0.5, 0.6) is 0 Å². The summed E-state index contributed by atoms with van der Waals surface area (Å²) in [6.07, 6.45) is -0.00451. The van der Waals surface area contributed by atoms with E-state index < -0.39 is 6.10 Å². The molecule has 1 aromatic carbocycles. The van der Waals surface area contributed by atoms with Crippen molar-refractivity contribution in [3.8, 4) is 0 Å². The van der Waals surface area contributed by atoms with Crippen molar-refractivity contribution >= 4 is 15.9 Å². The SMILES string of the molecule is Cc1ccc(C(O)Cc2ccc(Br)cc2)o1. The Morgan fingerprint density at radius 3 is 2.44 bits per heavy atom. The molecule has 0 fully saturated rings. The van der Waals surface area contributed by atoms with E-state index in [1.165, 1.54) is 0 Å². The van der Waals surface area contributed by atoms with Gasteiger partial charge in [-0.25, -0.2) is 0 Å². The van der Waals surface area contributed by atoms with Crippen molar-refractivity contribution < 1.29 is 9.52 Å². The third kappa shape index (κ3) is 2.74. The molecule has 1 aromatic heterocycles. The predicted molar refractivity (Wildman–Crippen MR) is 66.3 cm³/mol. The second kappa shape index (κ2) is 4.85. The van der Waals surface area contributed by atoms with E-state index in [2.05, 4.69) is 15.9 Å². The number of aliphatic hydroxyl groups is 1. The van der Waals surface area contributed by atoms with Crippen molar-refractivity contribution in [3.05, 3.63) is 58.0 Å². The van der Waals surface area contributed by atoms with Gasteiger partial charge in [0.2, 0.25) is 0 Å². The van der Waals surface area contributed by atoms with Gasteiger partial charge in [-0.15, -0.1) is 0 Å². The average molecular weight is 281 g/mol. The lowest BCUT2D eigenvalue weighted by molar-refractivity contribution is 0.149. The second-order valence-electron chi connectivity index (χ2n) is 3.79. The Morgan fingerprint density at radius 1 is 1.19 bits per heavy atom. The number of hydrogen-bond acceptors (Lipinski definition) is 2. The number of rotatable bonds is 3. The largest absolute Gasteiger partial charge is 0.464 e. The minimum atomic E-state index is -0.574. The van der Waals surface area contributed by atoms with Gasteiger partial charge in [-0.1, -0.05) is 28.1 Å². The maximum absolute atomic E-state index is 9.95. The Labute approximate surface area is 103 Å². The molecule has 1 atom stereocenters. The van der Waals surface area contributed by atoms with Gasteiger partial charge in [0.05, 0.1) is 0 Å². The highest BCUT2D eigenvalue weighted by atomic mass is 79.9. The zero-order valence-corrected chi connectivity index (χ0v) is 10.6. The fourth-order valence-corrected chi connectivity index (χ4v) is 1.84. The molecule has 3 heteroatoms. The van der Waals surface area contributed by atoms with Gasteiger partial charge < -0.3 is 9.52 Å². The van der Waals surface area contributed by atoms with Crippen LogP contribution in [0.4, 0.5) is 0 Å². The summed E-state index contributed by atoms with van der Waals surface area (Å²) in [6, 6.07) is 11.6. The van der Waals surface area contributed by atoms with Gasteiger partial charge in [0.25, 0.3) is 0 Å². The highest BCUT2D eigenvalue weighted by Crippen LogP contribution is 2.21. The summed E-state index contributed by atoms with van der Waals surface area (Å²) in [7, 11) is 0. The number of benzene rings is 1. The maximum atomic E-state index is 9.95. The molecule has 1 N–H and O–H groups in total. The third-order valence-corrected chi connectivity index (χ3v) is 2.96. The summed E-state index contributed by atoms with van der Waals surface area (Å²) in [6.45, 7) is 1.87. The molecule has 2 aromatic rings. The van der Waals surface area contributed by atoms with Crippen LogP contribution in [0.2, 0.25) is 0 Å². The molecule has 16 heavy (non-hydrogen) atoms. The fourth-order valence-electron chi connectivity index (χ4n) is 1.58. The molecule has 0 aliphatic rings. The van der Waals surface area contributed by atoms with E-state index in [0.29, 0.717) is 12.2 Å². The zero-order chi connectivity index (χ0) is 11.5. The van der Waals surface area contributed by atoms with Crippen LogP contribution < -0.4 is 0 Å². The van der Waals surface area contributed by atoms with Crippen LogP contribution in [0.3, 0.4) is 0 Å². The molecule has 0 amide bonds. The van der Waals surface area contributed by atoms with Crippen LogP contribution in [0.15, 0.2) is 45.3 Å². The quantitative estimate of drug-likeness (QED) is 0.932. The molecular formula is C13H13BrO2. The average Bonchev–Trinajstić information content (AvgIpc) is 2.68. The van der Waals surface area contributed by atoms with Gasteiger partial charge in [0.15, 0.2) is 0 Å². The molecule has 1 unspecified atom stereocenters. The molecule has 1 heterocycles. The summed E-state index contributed by atoms with van der Waals surface area (Å²) in [4.78, 5) is 0. The number of furan rings is 1. The standard InChI is InChI=1S/C13H13BrO2/c1-9-2-7-13(16-9)12(15)8-10-3-5-11(14)6-4-10/h2-7,12,15H,8H2,1H3. The minimum Gasteiger partial charge on any atom is -0.464 e. The zero-order valence-electron chi connectivity index (χ0n) is 8.98. The number of aryl methyl sites for hydroxylation is 1. The Hall–Kier alpha value is -1.06. The first-order valence-corrected chi connectivity index (χ1v) is 5.93. The van der Waals surface area contributed by atoms with Crippen LogP contribution >= 0.6 is 15.9 Å². The number of halogens is 1. The molecule has 2 nitrogen and oxygen atoms in total. The maximum Gasteiger partial charge on any atom is 0.132 e. The van der Waals surface area contributed by atoms with Gasteiger partial charge in [0.1, 0.15) is 17.6 Å². The van der Waals surface area contributed by atoms with Crippen molar-refractivity contribution in [2.24, 2.45) is 0 Å². The summed E-state index contributed by atoms with van der Waals surface area (Å²) in [5.41, 5.74) is 1.09. The summed E-state index contributed by atoms with van der Waals surface area (Å²) in [5.74, 6) is 1.45. The fraction of sp³-hybridized carbons (Fsp3) is 0.231. The van der Waals surface area contributed by atoms with E-state index in [4.69, 9.17) is 4.42 Å². The van der Waals surface area contributed by atoms with Crippen LogP contribution in [0.1, 0.15) is 23.2 Å². The molecule has 0 spiro atoms.